The Hall–Kier alpha value is -5.23. The highest BCUT2D eigenvalue weighted by Gasteiger charge is 2.42. The standard InChI is InChI=1S/C38H66N12O11S/c1-21(2)15-22(16-30(53)50-61)35(57)47-25(17-28(40)51)37(59)46-24(10-5-7-13-39)36(58)44-18-31(54)43-19-32(55)45-23(34(41)56)9-6-8-14-42-29(52)12-4-3-11-27-33-26(20-62-27)48-38(60)49-33/h21-27,33,61H,3-20,39H2,1-2H3,(H2,40,51)(H2,41,56)(H,42,52)(H,43,54)(H,44,58)(H,45,55)(H,46,59)(H,47,57)(H,50,53)(H2,48,49,60)/t22?,23-,24-,25-,26-,27-,33-/m0/s1. The number of rotatable bonds is 31. The summed E-state index contributed by atoms with van der Waals surface area (Å²) >= 11 is 1.83. The summed E-state index contributed by atoms with van der Waals surface area (Å²) in [5.74, 6) is -6.78. The second-order valence-corrected chi connectivity index (χ2v) is 17.1. The summed E-state index contributed by atoms with van der Waals surface area (Å²) in [7, 11) is 0. The summed E-state index contributed by atoms with van der Waals surface area (Å²) < 4.78 is 0. The lowest BCUT2D eigenvalue weighted by atomic mass is 9.92. The van der Waals surface area contributed by atoms with Gasteiger partial charge >= 0.3 is 6.03 Å². The van der Waals surface area contributed by atoms with Crippen molar-refractivity contribution in [2.24, 2.45) is 29.0 Å². The summed E-state index contributed by atoms with van der Waals surface area (Å²) in [6.45, 7) is 3.09. The molecular formula is C38H66N12O11S. The number of hydrogen-bond acceptors (Lipinski definition) is 13. The number of primary amides is 2. The maximum absolute atomic E-state index is 13.3. The van der Waals surface area contributed by atoms with Crippen molar-refractivity contribution < 1.29 is 53.2 Å². The number of nitrogens with one attached hydrogen (secondary N) is 9. The van der Waals surface area contributed by atoms with Crippen LogP contribution in [0.4, 0.5) is 4.79 Å². The first-order valence-electron chi connectivity index (χ1n) is 21.0. The molecule has 0 aromatic heterocycles. The lowest BCUT2D eigenvalue weighted by Gasteiger charge is -2.25. The Morgan fingerprint density at radius 2 is 1.40 bits per heavy atom. The van der Waals surface area contributed by atoms with Gasteiger partial charge in [-0.1, -0.05) is 20.3 Å². The summed E-state index contributed by atoms with van der Waals surface area (Å²) in [6, 6.07) is -3.64. The number of fused-ring (bicyclic) bond motifs is 1. The van der Waals surface area contributed by atoms with Crippen LogP contribution in [0.3, 0.4) is 0 Å². The molecule has 0 spiro atoms. The minimum absolute atomic E-state index is 0.0568. The minimum atomic E-state index is -1.53. The van der Waals surface area contributed by atoms with Gasteiger partial charge in [0.25, 0.3) is 0 Å². The molecule has 2 heterocycles. The number of thioether (sulfide) groups is 1. The van der Waals surface area contributed by atoms with Crippen molar-refractivity contribution in [2.75, 3.05) is 31.9 Å². The number of urea groups is 1. The quantitative estimate of drug-likeness (QED) is 0.0141. The zero-order valence-electron chi connectivity index (χ0n) is 35.5. The van der Waals surface area contributed by atoms with Gasteiger partial charge in [-0.3, -0.25) is 48.4 Å². The Bertz CT molecular complexity index is 1570. The highest BCUT2D eigenvalue weighted by molar-refractivity contribution is 8.00. The zero-order valence-corrected chi connectivity index (χ0v) is 36.3. The highest BCUT2D eigenvalue weighted by Crippen LogP contribution is 2.33. The SMILES string of the molecule is CC(C)CC(CC(=O)NO)C(=O)N[C@@H](CC(N)=O)C(=O)N[C@@H](CCCCN)C(=O)NCC(=O)NCC(=O)N[C@@H](CCCCNC(=O)CCCC[C@@H]1SC[C@@H]2NC(=O)N[C@@H]21)C(N)=O. The number of carbonyl (C=O) groups excluding carboxylic acids is 10. The van der Waals surface area contributed by atoms with Gasteiger partial charge in [-0.2, -0.15) is 11.8 Å². The van der Waals surface area contributed by atoms with E-state index in [0.29, 0.717) is 50.3 Å². The van der Waals surface area contributed by atoms with E-state index in [1.165, 1.54) is 5.48 Å². The van der Waals surface area contributed by atoms with E-state index in [2.05, 4.69) is 42.5 Å². The second kappa shape index (κ2) is 28.4. The van der Waals surface area contributed by atoms with E-state index in [1.54, 1.807) is 13.8 Å². The number of nitrogens with two attached hydrogens (primary N) is 3. The molecule has 2 fully saturated rings. The van der Waals surface area contributed by atoms with E-state index >= 15 is 0 Å². The van der Waals surface area contributed by atoms with Crippen LogP contribution >= 0.6 is 11.8 Å². The lowest BCUT2D eigenvalue weighted by molar-refractivity contribution is -0.137. The summed E-state index contributed by atoms with van der Waals surface area (Å²) in [6.07, 6.45) is 4.10. The molecule has 16 N–H and O–H groups in total. The average Bonchev–Trinajstić information content (AvgIpc) is 3.77. The number of carbonyl (C=O) groups is 10. The van der Waals surface area contributed by atoms with Crippen LogP contribution in [0, 0.1) is 11.8 Å². The smallest absolute Gasteiger partial charge is 0.315 e. The number of hydroxylamine groups is 1. The number of amides is 11. The second-order valence-electron chi connectivity index (χ2n) is 15.9. The maximum atomic E-state index is 13.3. The Balaban J connectivity index is 1.77. The van der Waals surface area contributed by atoms with Gasteiger partial charge in [0.05, 0.1) is 31.6 Å². The molecule has 0 aromatic carbocycles. The van der Waals surface area contributed by atoms with Gasteiger partial charge in [-0.25, -0.2) is 10.3 Å². The van der Waals surface area contributed by atoms with Crippen LogP contribution in [-0.4, -0.2) is 132 Å². The lowest BCUT2D eigenvalue weighted by Crippen LogP contribution is -2.56. The van der Waals surface area contributed by atoms with Crippen molar-refractivity contribution in [1.82, 2.24) is 48.0 Å². The molecule has 0 radical (unpaired) electrons. The van der Waals surface area contributed by atoms with Crippen LogP contribution < -0.4 is 65.2 Å². The molecule has 23 nitrogen and oxygen atoms in total. The fraction of sp³-hybridized carbons (Fsp3) is 0.737. The molecule has 0 saturated carbocycles. The third-order valence-electron chi connectivity index (χ3n) is 10.2. The van der Waals surface area contributed by atoms with Gasteiger partial charge in [-0.05, 0) is 70.3 Å². The topological polar surface area (TPSA) is 377 Å². The molecule has 11 amide bonds. The molecule has 0 bridgehead atoms. The maximum Gasteiger partial charge on any atom is 0.315 e. The third kappa shape index (κ3) is 20.6. The van der Waals surface area contributed by atoms with Crippen LogP contribution in [0.1, 0.15) is 97.3 Å². The first kappa shape index (κ1) is 52.9. The molecule has 7 atom stereocenters. The van der Waals surface area contributed by atoms with Crippen LogP contribution in [-0.2, 0) is 43.2 Å². The van der Waals surface area contributed by atoms with Crippen molar-refractivity contribution in [1.29, 1.82) is 0 Å². The summed E-state index contributed by atoms with van der Waals surface area (Å²) in [5, 5.41) is 30.0. The molecular weight excluding hydrogens is 833 g/mol. The third-order valence-corrected chi connectivity index (χ3v) is 11.7. The zero-order chi connectivity index (χ0) is 46.2. The van der Waals surface area contributed by atoms with E-state index in [4.69, 9.17) is 22.4 Å². The molecule has 2 saturated heterocycles. The highest BCUT2D eigenvalue weighted by atomic mass is 32.2. The van der Waals surface area contributed by atoms with Crippen LogP contribution in [0.5, 0.6) is 0 Å². The molecule has 0 aliphatic carbocycles. The van der Waals surface area contributed by atoms with E-state index in [1.807, 2.05) is 11.8 Å². The van der Waals surface area contributed by atoms with Gasteiger partial charge in [-0.15, -0.1) is 0 Å². The fourth-order valence-corrected chi connectivity index (χ4v) is 8.53. The van der Waals surface area contributed by atoms with E-state index in [0.717, 1.165) is 18.6 Å². The largest absolute Gasteiger partial charge is 0.370 e. The summed E-state index contributed by atoms with van der Waals surface area (Å²) in [5.41, 5.74) is 17.8. The number of unbranched alkanes of at least 4 members (excludes halogenated alkanes) is 3. The van der Waals surface area contributed by atoms with E-state index in [-0.39, 0.29) is 55.7 Å². The Kier molecular flexibility index (Phi) is 24.2. The molecule has 2 aliphatic rings. The van der Waals surface area contributed by atoms with Crippen molar-refractivity contribution in [3.05, 3.63) is 0 Å². The van der Waals surface area contributed by atoms with Gasteiger partial charge in [0.2, 0.25) is 53.2 Å². The van der Waals surface area contributed by atoms with Crippen molar-refractivity contribution in [3.8, 4) is 0 Å². The normalized spacial score (nSPS) is 18.4. The van der Waals surface area contributed by atoms with Crippen molar-refractivity contribution in [2.45, 2.75) is 133 Å². The van der Waals surface area contributed by atoms with Crippen molar-refractivity contribution in [3.63, 3.8) is 0 Å². The Morgan fingerprint density at radius 3 is 2.06 bits per heavy atom. The van der Waals surface area contributed by atoms with Gasteiger partial charge in [0.15, 0.2) is 0 Å². The molecule has 2 aliphatic heterocycles. The Morgan fingerprint density at radius 1 is 0.726 bits per heavy atom. The van der Waals surface area contributed by atoms with Gasteiger partial charge in [0, 0.05) is 36.3 Å². The summed E-state index contributed by atoms with van der Waals surface area (Å²) in [4.78, 5) is 124. The molecule has 2 rings (SSSR count). The first-order valence-corrected chi connectivity index (χ1v) is 22.1. The first-order chi connectivity index (χ1) is 29.4. The molecule has 62 heavy (non-hydrogen) atoms. The Labute approximate surface area is 365 Å². The van der Waals surface area contributed by atoms with E-state index < -0.39 is 97.2 Å². The van der Waals surface area contributed by atoms with Crippen LogP contribution in [0.2, 0.25) is 0 Å². The predicted octanol–water partition coefficient (Wildman–Crippen LogP) is -3.27. The van der Waals surface area contributed by atoms with E-state index in [9.17, 15) is 47.9 Å². The minimum Gasteiger partial charge on any atom is -0.370 e. The molecule has 350 valence electrons. The van der Waals surface area contributed by atoms with Crippen molar-refractivity contribution >= 4 is 71.0 Å². The average molecular weight is 899 g/mol. The van der Waals surface area contributed by atoms with Crippen LogP contribution in [0.15, 0.2) is 0 Å². The van der Waals surface area contributed by atoms with Crippen LogP contribution in [0.25, 0.3) is 0 Å². The molecule has 0 aromatic rings. The predicted molar refractivity (Wildman–Crippen MR) is 226 cm³/mol. The monoisotopic (exact) mass is 898 g/mol. The van der Waals surface area contributed by atoms with Gasteiger partial charge in [0.1, 0.15) is 18.1 Å². The molecule has 24 heteroatoms. The fourth-order valence-electron chi connectivity index (χ4n) is 6.98. The molecule has 1 unspecified atom stereocenters. The number of hydrogen-bond donors (Lipinski definition) is 13. The van der Waals surface area contributed by atoms with Gasteiger partial charge < -0.3 is 59.7 Å².